The fourth-order valence-electron chi connectivity index (χ4n) is 1.68. The summed E-state index contributed by atoms with van der Waals surface area (Å²) in [6.07, 6.45) is 2.07. The lowest BCUT2D eigenvalue weighted by Gasteiger charge is -2.13. The van der Waals surface area contributed by atoms with Crippen molar-refractivity contribution in [3.05, 3.63) is 35.9 Å². The van der Waals surface area contributed by atoms with Crippen molar-refractivity contribution in [1.82, 2.24) is 0 Å². The standard InChI is InChI=1S/C13H18O4S/c1-2-3-9-12(17-18(15)16)10-13(14)11-7-5-4-6-8-11/h4-8,12H,2-3,9-10H2,1H3,(H,15,16). The van der Waals surface area contributed by atoms with Crippen LogP contribution in [0.3, 0.4) is 0 Å². The summed E-state index contributed by atoms with van der Waals surface area (Å²) in [4.78, 5) is 11.9. The Morgan fingerprint density at radius 3 is 2.61 bits per heavy atom. The summed E-state index contributed by atoms with van der Waals surface area (Å²) in [7, 11) is 0. The van der Waals surface area contributed by atoms with Crippen LogP contribution in [0.25, 0.3) is 0 Å². The zero-order chi connectivity index (χ0) is 13.4. The summed E-state index contributed by atoms with van der Waals surface area (Å²) in [5.41, 5.74) is 0.603. The Morgan fingerprint density at radius 1 is 1.39 bits per heavy atom. The molecule has 0 aliphatic carbocycles. The first kappa shape index (κ1) is 15.0. The van der Waals surface area contributed by atoms with Gasteiger partial charge >= 0.3 is 11.4 Å². The molecule has 0 aliphatic heterocycles. The van der Waals surface area contributed by atoms with Gasteiger partial charge in [0.2, 0.25) is 0 Å². The van der Waals surface area contributed by atoms with Gasteiger partial charge in [0.05, 0.1) is 6.10 Å². The number of rotatable bonds is 8. The highest BCUT2D eigenvalue weighted by molar-refractivity contribution is 7.74. The molecule has 0 radical (unpaired) electrons. The van der Waals surface area contributed by atoms with Crippen LogP contribution in [0.2, 0.25) is 0 Å². The number of unbranched alkanes of at least 4 members (excludes halogenated alkanes) is 1. The molecule has 0 bridgehead atoms. The summed E-state index contributed by atoms with van der Waals surface area (Å²) in [5.74, 6) is -0.0675. The normalized spacial score (nSPS) is 14.1. The SMILES string of the molecule is CCCCC(CC(=O)c1ccccc1)OS(=O)O. The molecule has 0 heterocycles. The third kappa shape index (κ3) is 5.53. The van der Waals surface area contributed by atoms with Crippen molar-refractivity contribution in [2.24, 2.45) is 0 Å². The summed E-state index contributed by atoms with van der Waals surface area (Å²) in [6.45, 7) is 2.02. The van der Waals surface area contributed by atoms with Crippen molar-refractivity contribution in [1.29, 1.82) is 0 Å². The number of hydrogen-bond donors (Lipinski definition) is 1. The predicted molar refractivity (Wildman–Crippen MR) is 70.6 cm³/mol. The van der Waals surface area contributed by atoms with Gasteiger partial charge in [-0.2, -0.15) is 4.21 Å². The van der Waals surface area contributed by atoms with E-state index >= 15 is 0 Å². The molecule has 0 aromatic heterocycles. The maximum Gasteiger partial charge on any atom is 0.302 e. The highest BCUT2D eigenvalue weighted by atomic mass is 32.2. The zero-order valence-electron chi connectivity index (χ0n) is 10.4. The minimum atomic E-state index is -2.32. The number of ketones is 1. The van der Waals surface area contributed by atoms with Crippen LogP contribution in [0, 0.1) is 0 Å². The third-order valence-corrected chi connectivity index (χ3v) is 3.04. The Morgan fingerprint density at radius 2 is 2.06 bits per heavy atom. The maximum absolute atomic E-state index is 11.9. The van der Waals surface area contributed by atoms with Gasteiger partial charge in [-0.3, -0.25) is 13.5 Å². The van der Waals surface area contributed by atoms with Crippen LogP contribution in [0.1, 0.15) is 43.0 Å². The number of Topliss-reactive ketones (excluding diaryl/α,β-unsaturated/α-hetero) is 1. The van der Waals surface area contributed by atoms with E-state index in [0.717, 1.165) is 12.8 Å². The Hall–Kier alpha value is -1.04. The first-order chi connectivity index (χ1) is 8.63. The van der Waals surface area contributed by atoms with Crippen LogP contribution >= 0.6 is 0 Å². The fraction of sp³-hybridized carbons (Fsp3) is 0.462. The number of carbonyl (C=O) groups excluding carboxylic acids is 1. The van der Waals surface area contributed by atoms with Crippen LogP contribution in [-0.2, 0) is 15.5 Å². The third-order valence-electron chi connectivity index (χ3n) is 2.61. The van der Waals surface area contributed by atoms with Crippen molar-refractivity contribution < 1.29 is 17.7 Å². The van der Waals surface area contributed by atoms with E-state index in [1.165, 1.54) is 0 Å². The summed E-state index contributed by atoms with van der Waals surface area (Å²) >= 11 is -2.32. The molecule has 0 amide bonds. The van der Waals surface area contributed by atoms with Gasteiger partial charge in [0, 0.05) is 12.0 Å². The highest BCUT2D eigenvalue weighted by Crippen LogP contribution is 2.14. The van der Waals surface area contributed by atoms with Crippen molar-refractivity contribution >= 4 is 17.1 Å². The fourth-order valence-corrected chi connectivity index (χ4v) is 2.08. The molecule has 0 saturated heterocycles. The van der Waals surface area contributed by atoms with E-state index in [-0.39, 0.29) is 12.2 Å². The second kappa shape index (κ2) is 8.13. The summed E-state index contributed by atoms with van der Waals surface area (Å²) < 4.78 is 24.3. The van der Waals surface area contributed by atoms with E-state index in [9.17, 15) is 9.00 Å². The van der Waals surface area contributed by atoms with Gasteiger partial charge in [0.15, 0.2) is 5.78 Å². The van der Waals surface area contributed by atoms with Crippen molar-refractivity contribution in [3.63, 3.8) is 0 Å². The Balaban J connectivity index is 2.59. The van der Waals surface area contributed by atoms with E-state index in [2.05, 4.69) is 0 Å². The van der Waals surface area contributed by atoms with Crippen molar-refractivity contribution in [2.75, 3.05) is 0 Å². The van der Waals surface area contributed by atoms with Gasteiger partial charge in [-0.1, -0.05) is 50.1 Å². The van der Waals surface area contributed by atoms with Crippen LogP contribution in [0.15, 0.2) is 30.3 Å². The quantitative estimate of drug-likeness (QED) is 0.582. The lowest BCUT2D eigenvalue weighted by molar-refractivity contribution is 0.0902. The van der Waals surface area contributed by atoms with E-state index in [1.807, 2.05) is 13.0 Å². The minimum absolute atomic E-state index is 0.0675. The predicted octanol–water partition coefficient (Wildman–Crippen LogP) is 2.97. The minimum Gasteiger partial charge on any atom is -0.294 e. The number of carbonyl (C=O) groups is 1. The van der Waals surface area contributed by atoms with Gasteiger partial charge in [0.1, 0.15) is 0 Å². The van der Waals surface area contributed by atoms with Crippen LogP contribution in [0.5, 0.6) is 0 Å². The molecule has 4 nitrogen and oxygen atoms in total. The molecule has 2 atom stereocenters. The molecular weight excluding hydrogens is 252 g/mol. The molecule has 0 fully saturated rings. The number of benzene rings is 1. The van der Waals surface area contributed by atoms with Crippen LogP contribution < -0.4 is 0 Å². The Labute approximate surface area is 110 Å². The molecule has 1 aromatic rings. The van der Waals surface area contributed by atoms with Crippen molar-refractivity contribution in [3.8, 4) is 0 Å². The van der Waals surface area contributed by atoms with Gasteiger partial charge < -0.3 is 0 Å². The van der Waals surface area contributed by atoms with E-state index < -0.39 is 17.5 Å². The molecule has 1 rings (SSSR count). The Kier molecular flexibility index (Phi) is 6.78. The van der Waals surface area contributed by atoms with Crippen LogP contribution in [-0.4, -0.2) is 20.6 Å². The molecule has 2 unspecified atom stereocenters. The van der Waals surface area contributed by atoms with Gasteiger partial charge in [-0.05, 0) is 6.42 Å². The van der Waals surface area contributed by atoms with Gasteiger partial charge in [0.25, 0.3) is 0 Å². The molecule has 1 aromatic carbocycles. The molecule has 18 heavy (non-hydrogen) atoms. The smallest absolute Gasteiger partial charge is 0.294 e. The van der Waals surface area contributed by atoms with E-state index in [1.54, 1.807) is 24.3 Å². The largest absolute Gasteiger partial charge is 0.302 e. The van der Waals surface area contributed by atoms with Gasteiger partial charge in [-0.15, -0.1) is 0 Å². The van der Waals surface area contributed by atoms with E-state index in [4.69, 9.17) is 8.74 Å². The summed E-state index contributed by atoms with van der Waals surface area (Å²) in [5, 5.41) is 0. The first-order valence-electron chi connectivity index (χ1n) is 5.99. The van der Waals surface area contributed by atoms with E-state index in [0.29, 0.717) is 12.0 Å². The molecule has 5 heteroatoms. The lowest BCUT2D eigenvalue weighted by atomic mass is 10.0. The lowest BCUT2D eigenvalue weighted by Crippen LogP contribution is -2.19. The van der Waals surface area contributed by atoms with Crippen LogP contribution in [0.4, 0.5) is 0 Å². The first-order valence-corrected chi connectivity index (χ1v) is 7.03. The molecular formula is C13H18O4S. The maximum atomic E-state index is 11.9. The van der Waals surface area contributed by atoms with Gasteiger partial charge in [-0.25, -0.2) is 0 Å². The second-order valence-corrected chi connectivity index (χ2v) is 4.70. The average Bonchev–Trinajstić information content (AvgIpc) is 2.36. The highest BCUT2D eigenvalue weighted by Gasteiger charge is 2.17. The summed E-state index contributed by atoms with van der Waals surface area (Å²) in [6, 6.07) is 8.88. The average molecular weight is 270 g/mol. The topological polar surface area (TPSA) is 63.6 Å². The second-order valence-electron chi connectivity index (χ2n) is 4.07. The monoisotopic (exact) mass is 270 g/mol. The zero-order valence-corrected chi connectivity index (χ0v) is 11.2. The molecule has 0 saturated carbocycles. The number of hydrogen-bond acceptors (Lipinski definition) is 3. The molecule has 0 spiro atoms. The molecule has 100 valence electrons. The molecule has 0 aliphatic rings. The Bertz CT molecular complexity index is 391. The van der Waals surface area contributed by atoms with Crippen molar-refractivity contribution in [2.45, 2.75) is 38.7 Å². The molecule has 1 N–H and O–H groups in total.